The van der Waals surface area contributed by atoms with Crippen LogP contribution in [0.25, 0.3) is 5.69 Å². The number of carbonyl (C=O) groups is 1. The molecule has 1 amide bonds. The molecule has 2 heterocycles. The van der Waals surface area contributed by atoms with E-state index >= 15 is 0 Å². The lowest BCUT2D eigenvalue weighted by Gasteiger charge is -2.32. The van der Waals surface area contributed by atoms with Gasteiger partial charge < -0.3 is 10.1 Å². The van der Waals surface area contributed by atoms with Crippen molar-refractivity contribution >= 4 is 17.7 Å². The molecule has 1 aliphatic heterocycles. The second kappa shape index (κ2) is 8.66. The standard InChI is InChI=1S/C18H23FN4O2S/c1-13(22-7-9-25-10-8-22)11-20-17(24)16-12-21-18(26-2)23(16)15-5-3-14(19)4-6-15/h3-6,12-13H,7-11H2,1-2H3,(H,20,24). The summed E-state index contributed by atoms with van der Waals surface area (Å²) in [6, 6.07) is 6.27. The number of carbonyl (C=O) groups excluding carboxylic acids is 1. The first-order valence-corrected chi connectivity index (χ1v) is 9.80. The number of rotatable bonds is 6. The summed E-state index contributed by atoms with van der Waals surface area (Å²) in [4.78, 5) is 19.3. The molecule has 0 saturated carbocycles. The van der Waals surface area contributed by atoms with Crippen LogP contribution in [0.15, 0.2) is 35.6 Å². The van der Waals surface area contributed by atoms with E-state index in [4.69, 9.17) is 4.74 Å². The Kier molecular flexibility index (Phi) is 6.29. The predicted octanol–water partition coefficient (Wildman–Crippen LogP) is 2.18. The van der Waals surface area contributed by atoms with Crippen molar-refractivity contribution in [2.75, 3.05) is 39.1 Å². The molecule has 0 aliphatic carbocycles. The van der Waals surface area contributed by atoms with Gasteiger partial charge >= 0.3 is 0 Å². The molecular weight excluding hydrogens is 355 g/mol. The van der Waals surface area contributed by atoms with E-state index in [1.165, 1.54) is 23.9 Å². The summed E-state index contributed by atoms with van der Waals surface area (Å²) in [7, 11) is 0. The third-order valence-corrected chi connectivity index (χ3v) is 5.11. The van der Waals surface area contributed by atoms with E-state index in [9.17, 15) is 9.18 Å². The molecule has 1 atom stereocenters. The molecule has 1 aromatic carbocycles. The topological polar surface area (TPSA) is 59.4 Å². The van der Waals surface area contributed by atoms with Crippen LogP contribution in [0.4, 0.5) is 4.39 Å². The number of imidazole rings is 1. The summed E-state index contributed by atoms with van der Waals surface area (Å²) >= 11 is 1.44. The Labute approximate surface area is 156 Å². The minimum atomic E-state index is -0.315. The van der Waals surface area contributed by atoms with Crippen LogP contribution in [0.1, 0.15) is 17.4 Å². The van der Waals surface area contributed by atoms with Crippen LogP contribution in [0.2, 0.25) is 0 Å². The molecule has 1 N–H and O–H groups in total. The average molecular weight is 378 g/mol. The van der Waals surface area contributed by atoms with Crippen LogP contribution in [-0.2, 0) is 4.74 Å². The minimum Gasteiger partial charge on any atom is -0.379 e. The fourth-order valence-corrected chi connectivity index (χ4v) is 3.50. The lowest BCUT2D eigenvalue weighted by atomic mass is 10.2. The smallest absolute Gasteiger partial charge is 0.270 e. The zero-order chi connectivity index (χ0) is 18.5. The molecule has 1 aliphatic rings. The van der Waals surface area contributed by atoms with Crippen LogP contribution < -0.4 is 5.32 Å². The van der Waals surface area contributed by atoms with E-state index in [1.807, 2.05) is 6.26 Å². The molecule has 2 aromatic rings. The Bertz CT molecular complexity index is 744. The highest BCUT2D eigenvalue weighted by atomic mass is 32.2. The Morgan fingerprint density at radius 3 is 2.69 bits per heavy atom. The molecule has 1 aromatic heterocycles. The van der Waals surface area contributed by atoms with Crippen molar-refractivity contribution in [2.24, 2.45) is 0 Å². The number of halogens is 1. The zero-order valence-electron chi connectivity index (χ0n) is 14.9. The third-order valence-electron chi connectivity index (χ3n) is 4.46. The van der Waals surface area contributed by atoms with E-state index in [0.29, 0.717) is 23.1 Å². The zero-order valence-corrected chi connectivity index (χ0v) is 15.8. The third kappa shape index (κ3) is 4.25. The SMILES string of the molecule is CSc1ncc(C(=O)NCC(C)N2CCOCC2)n1-c1ccc(F)cc1. The van der Waals surface area contributed by atoms with Crippen molar-refractivity contribution in [3.05, 3.63) is 42.0 Å². The maximum Gasteiger partial charge on any atom is 0.270 e. The highest BCUT2D eigenvalue weighted by Gasteiger charge is 2.21. The molecule has 0 spiro atoms. The number of amides is 1. The summed E-state index contributed by atoms with van der Waals surface area (Å²) in [5, 5.41) is 3.67. The molecule has 0 bridgehead atoms. The van der Waals surface area contributed by atoms with Gasteiger partial charge in [0.2, 0.25) is 0 Å². The molecule has 1 saturated heterocycles. The number of hydrogen-bond acceptors (Lipinski definition) is 5. The molecule has 8 heteroatoms. The normalized spacial score (nSPS) is 16.4. The first-order chi connectivity index (χ1) is 12.6. The number of aromatic nitrogens is 2. The van der Waals surface area contributed by atoms with Crippen LogP contribution in [0.3, 0.4) is 0 Å². The number of benzene rings is 1. The molecule has 3 rings (SSSR count). The van der Waals surface area contributed by atoms with Crippen molar-refractivity contribution < 1.29 is 13.9 Å². The van der Waals surface area contributed by atoms with Crippen LogP contribution >= 0.6 is 11.8 Å². The minimum absolute atomic E-state index is 0.192. The molecule has 6 nitrogen and oxygen atoms in total. The van der Waals surface area contributed by atoms with Gasteiger partial charge in [0.1, 0.15) is 11.5 Å². The Morgan fingerprint density at radius 1 is 1.35 bits per heavy atom. The van der Waals surface area contributed by atoms with Gasteiger partial charge in [-0.05, 0) is 37.4 Å². The van der Waals surface area contributed by atoms with Crippen molar-refractivity contribution in [1.29, 1.82) is 0 Å². The van der Waals surface area contributed by atoms with Gasteiger partial charge in [0.15, 0.2) is 5.16 Å². The summed E-state index contributed by atoms with van der Waals surface area (Å²) in [5.74, 6) is -0.507. The number of hydrogen-bond donors (Lipinski definition) is 1. The van der Waals surface area contributed by atoms with Gasteiger partial charge in [0.05, 0.1) is 19.4 Å². The lowest BCUT2D eigenvalue weighted by Crippen LogP contribution is -2.47. The Balaban J connectivity index is 1.73. The predicted molar refractivity (Wildman–Crippen MR) is 99.5 cm³/mol. The van der Waals surface area contributed by atoms with Gasteiger partial charge in [-0.25, -0.2) is 9.37 Å². The van der Waals surface area contributed by atoms with Crippen molar-refractivity contribution in [3.63, 3.8) is 0 Å². The Morgan fingerprint density at radius 2 is 2.04 bits per heavy atom. The molecule has 26 heavy (non-hydrogen) atoms. The Hall–Kier alpha value is -1.90. The lowest BCUT2D eigenvalue weighted by molar-refractivity contribution is 0.0204. The highest BCUT2D eigenvalue weighted by Crippen LogP contribution is 2.22. The van der Waals surface area contributed by atoms with Crippen LogP contribution in [-0.4, -0.2) is 65.5 Å². The van der Waals surface area contributed by atoms with E-state index in [0.717, 1.165) is 26.3 Å². The van der Waals surface area contributed by atoms with Crippen molar-refractivity contribution in [3.8, 4) is 5.69 Å². The quantitative estimate of drug-likeness (QED) is 0.781. The van der Waals surface area contributed by atoms with Gasteiger partial charge in [-0.15, -0.1) is 0 Å². The first-order valence-electron chi connectivity index (χ1n) is 8.58. The summed E-state index contributed by atoms with van der Waals surface area (Å²) in [5.41, 5.74) is 1.15. The van der Waals surface area contributed by atoms with E-state index in [2.05, 4.69) is 22.1 Å². The largest absolute Gasteiger partial charge is 0.379 e. The second-order valence-corrected chi connectivity index (χ2v) is 6.92. The second-order valence-electron chi connectivity index (χ2n) is 6.15. The highest BCUT2D eigenvalue weighted by molar-refractivity contribution is 7.98. The summed E-state index contributed by atoms with van der Waals surface area (Å²) in [6.45, 7) is 5.85. The van der Waals surface area contributed by atoms with Gasteiger partial charge in [-0.1, -0.05) is 11.8 Å². The van der Waals surface area contributed by atoms with Gasteiger partial charge in [-0.2, -0.15) is 0 Å². The monoisotopic (exact) mass is 378 g/mol. The fourth-order valence-electron chi connectivity index (χ4n) is 2.96. The molecule has 1 fully saturated rings. The van der Waals surface area contributed by atoms with E-state index in [-0.39, 0.29) is 17.8 Å². The first kappa shape index (κ1) is 18.9. The summed E-state index contributed by atoms with van der Waals surface area (Å²) in [6.07, 6.45) is 3.45. The number of nitrogens with one attached hydrogen (secondary N) is 1. The number of nitrogens with zero attached hydrogens (tertiary/aromatic N) is 3. The summed E-state index contributed by atoms with van der Waals surface area (Å²) < 4.78 is 20.3. The van der Waals surface area contributed by atoms with Crippen LogP contribution in [0, 0.1) is 5.82 Å². The van der Waals surface area contributed by atoms with Crippen molar-refractivity contribution in [2.45, 2.75) is 18.1 Å². The average Bonchev–Trinajstić information content (AvgIpc) is 3.11. The maximum atomic E-state index is 13.2. The van der Waals surface area contributed by atoms with Gasteiger partial charge in [0, 0.05) is 31.4 Å². The van der Waals surface area contributed by atoms with Gasteiger partial charge in [0.25, 0.3) is 5.91 Å². The molecule has 0 radical (unpaired) electrons. The van der Waals surface area contributed by atoms with E-state index < -0.39 is 0 Å². The molecular formula is C18H23FN4O2S. The fraction of sp³-hybridized carbons (Fsp3) is 0.444. The number of ether oxygens (including phenoxy) is 1. The number of morpholine rings is 1. The van der Waals surface area contributed by atoms with E-state index in [1.54, 1.807) is 22.9 Å². The van der Waals surface area contributed by atoms with Crippen molar-refractivity contribution in [1.82, 2.24) is 19.8 Å². The van der Waals surface area contributed by atoms with Gasteiger partial charge in [-0.3, -0.25) is 14.3 Å². The maximum absolute atomic E-state index is 13.2. The van der Waals surface area contributed by atoms with Crippen LogP contribution in [0.5, 0.6) is 0 Å². The number of thioether (sulfide) groups is 1. The molecule has 140 valence electrons. The molecule has 1 unspecified atom stereocenters.